The van der Waals surface area contributed by atoms with Gasteiger partial charge >= 0.3 is 0 Å². The van der Waals surface area contributed by atoms with E-state index in [9.17, 15) is 0 Å². The summed E-state index contributed by atoms with van der Waals surface area (Å²) < 4.78 is 0. The number of hydrogen-bond donors (Lipinski definition) is 0. The van der Waals surface area contributed by atoms with Crippen molar-refractivity contribution < 1.29 is 0 Å². The van der Waals surface area contributed by atoms with Crippen molar-refractivity contribution in [3.63, 3.8) is 0 Å². The normalized spacial score (nSPS) is 20.0. The smallest absolute Gasteiger partial charge is 0.252 e. The van der Waals surface area contributed by atoms with Crippen LogP contribution >= 0.6 is 0 Å². The van der Waals surface area contributed by atoms with Crippen LogP contribution in [0.2, 0.25) is 0 Å². The molecule has 0 bridgehead atoms. The summed E-state index contributed by atoms with van der Waals surface area (Å²) >= 11 is 0. The summed E-state index contributed by atoms with van der Waals surface area (Å²) in [6, 6.07) is 59.4. The third-order valence-corrected chi connectivity index (χ3v) is 19.7. The number of benzene rings is 8. The van der Waals surface area contributed by atoms with Crippen molar-refractivity contribution in [3.05, 3.63) is 202 Å². The molecule has 0 amide bonds. The van der Waals surface area contributed by atoms with E-state index in [0.29, 0.717) is 0 Å². The van der Waals surface area contributed by atoms with Gasteiger partial charge in [0.25, 0.3) is 6.71 Å². The number of aryl methyl sites for hydroxylation is 1. The SMILES string of the molecule is Cc1cc2c3c4c1C1(C)c5ccccc5-c5c(C(C)(C)C)ccc(c51)N4c1cc(N(c4ccccc4)c4ccccc4)ccc1B3c1cc3c(cc1N2c1ccc2c(c1)C(C)(C)CCC2(C)C)C(C)(C)CCC3(C)C. The van der Waals surface area contributed by atoms with Crippen molar-refractivity contribution in [1.82, 2.24) is 0 Å². The van der Waals surface area contributed by atoms with Crippen molar-refractivity contribution in [2.24, 2.45) is 0 Å². The Bertz CT molecular complexity index is 3720. The molecule has 374 valence electrons. The minimum atomic E-state index is -0.401. The van der Waals surface area contributed by atoms with Gasteiger partial charge in [-0.1, -0.05) is 161 Å². The Labute approximate surface area is 447 Å². The van der Waals surface area contributed by atoms with Gasteiger partial charge in [0.05, 0.1) is 5.69 Å². The van der Waals surface area contributed by atoms with Crippen molar-refractivity contribution in [3.8, 4) is 11.1 Å². The van der Waals surface area contributed by atoms with E-state index in [-0.39, 0.29) is 33.8 Å². The molecule has 0 N–H and O–H groups in total. The van der Waals surface area contributed by atoms with Crippen molar-refractivity contribution in [1.29, 1.82) is 0 Å². The first-order chi connectivity index (χ1) is 35.6. The lowest BCUT2D eigenvalue weighted by Gasteiger charge is -2.52. The Morgan fingerprint density at radius 1 is 0.453 bits per heavy atom. The van der Waals surface area contributed by atoms with E-state index in [1.54, 1.807) is 0 Å². The van der Waals surface area contributed by atoms with E-state index < -0.39 is 5.41 Å². The number of rotatable bonds is 4. The molecule has 8 aromatic carbocycles. The minimum Gasteiger partial charge on any atom is -0.311 e. The predicted molar refractivity (Wildman–Crippen MR) is 320 cm³/mol. The Hall–Kier alpha value is -6.78. The van der Waals surface area contributed by atoms with Crippen LogP contribution in [-0.4, -0.2) is 6.71 Å². The van der Waals surface area contributed by atoms with Crippen LogP contribution in [0.5, 0.6) is 0 Å². The van der Waals surface area contributed by atoms with Crippen LogP contribution in [0.25, 0.3) is 11.1 Å². The molecule has 75 heavy (non-hydrogen) atoms. The molecule has 8 aromatic rings. The van der Waals surface area contributed by atoms with Crippen LogP contribution in [0.1, 0.15) is 159 Å². The van der Waals surface area contributed by atoms with Crippen molar-refractivity contribution in [2.75, 3.05) is 14.7 Å². The predicted octanol–water partition coefficient (Wildman–Crippen LogP) is 17.2. The molecule has 14 rings (SSSR count). The second-order valence-electron chi connectivity index (χ2n) is 27.2. The number of nitrogens with zero attached hydrogens (tertiary/aromatic N) is 3. The van der Waals surface area contributed by atoms with E-state index in [1.165, 1.54) is 131 Å². The Balaban J connectivity index is 1.14. The number of para-hydroxylation sites is 2. The number of anilines is 9. The quantitative estimate of drug-likeness (QED) is 0.163. The highest BCUT2D eigenvalue weighted by molar-refractivity contribution is 7.00. The average Bonchev–Trinajstić information content (AvgIpc) is 3.65. The molecule has 3 aliphatic carbocycles. The van der Waals surface area contributed by atoms with Crippen LogP contribution < -0.4 is 31.1 Å². The van der Waals surface area contributed by atoms with Crippen molar-refractivity contribution >= 4 is 74.3 Å². The zero-order chi connectivity index (χ0) is 52.1. The molecule has 3 aliphatic heterocycles. The lowest BCUT2D eigenvalue weighted by atomic mass is 9.32. The maximum Gasteiger partial charge on any atom is 0.252 e. The zero-order valence-corrected chi connectivity index (χ0v) is 46.7. The fourth-order valence-corrected chi connectivity index (χ4v) is 15.6. The standard InChI is InChI=1S/C71H72BN3/c1-43-38-60-64-65-62(43)71(13)49-27-21-20-26-48(49)61-51(66(2,3)4)31-33-57(63(61)71)75(65)58-40-47(73(44-22-16-14-17-23-44)45-24-18-15-19-25-45)29-32-55(58)72(64)56-41-53-54(70(11,12)37-36-69(53,9)10)42-59(56)74(60)46-28-30-50-52(39-46)68(7,8)35-34-67(50,5)6/h14-33,38-42H,34-37H2,1-13H3. The molecule has 0 fully saturated rings. The van der Waals surface area contributed by atoms with E-state index in [4.69, 9.17) is 0 Å². The highest BCUT2D eigenvalue weighted by Crippen LogP contribution is 2.66. The lowest BCUT2D eigenvalue weighted by Crippen LogP contribution is -2.63. The van der Waals surface area contributed by atoms with Gasteiger partial charge in [0.1, 0.15) is 0 Å². The third-order valence-electron chi connectivity index (χ3n) is 19.7. The molecular weight excluding hydrogens is 906 g/mol. The van der Waals surface area contributed by atoms with Gasteiger partial charge < -0.3 is 14.7 Å². The van der Waals surface area contributed by atoms with Gasteiger partial charge in [0, 0.05) is 50.9 Å². The van der Waals surface area contributed by atoms with E-state index in [2.05, 4.69) is 256 Å². The van der Waals surface area contributed by atoms with Gasteiger partial charge in [-0.3, -0.25) is 0 Å². The molecule has 0 aromatic heterocycles. The van der Waals surface area contributed by atoms with Crippen LogP contribution in [0.3, 0.4) is 0 Å². The lowest BCUT2D eigenvalue weighted by molar-refractivity contribution is 0.332. The zero-order valence-electron chi connectivity index (χ0n) is 46.7. The largest absolute Gasteiger partial charge is 0.311 e. The monoisotopic (exact) mass is 978 g/mol. The fraction of sp³-hybridized carbons (Fsp3) is 0.324. The summed E-state index contributed by atoms with van der Waals surface area (Å²) in [4.78, 5) is 7.95. The maximum absolute atomic E-state index is 2.76. The van der Waals surface area contributed by atoms with E-state index in [0.717, 1.165) is 23.5 Å². The molecular formula is C71H72BN3. The third kappa shape index (κ3) is 6.29. The summed E-state index contributed by atoms with van der Waals surface area (Å²) in [5.41, 5.74) is 31.1. The van der Waals surface area contributed by atoms with Gasteiger partial charge in [-0.2, -0.15) is 0 Å². The second kappa shape index (κ2) is 15.2. The first kappa shape index (κ1) is 46.7. The summed E-state index contributed by atoms with van der Waals surface area (Å²) in [6.45, 7) is 32.1. The van der Waals surface area contributed by atoms with Gasteiger partial charge in [0.15, 0.2) is 0 Å². The molecule has 4 heteroatoms. The topological polar surface area (TPSA) is 9.72 Å². The van der Waals surface area contributed by atoms with Crippen LogP contribution in [0, 0.1) is 6.92 Å². The van der Waals surface area contributed by atoms with Gasteiger partial charge in [-0.25, -0.2) is 0 Å². The molecule has 0 saturated carbocycles. The highest BCUT2D eigenvalue weighted by atomic mass is 15.2. The van der Waals surface area contributed by atoms with Gasteiger partial charge in [-0.15, -0.1) is 0 Å². The van der Waals surface area contributed by atoms with Crippen LogP contribution in [0.15, 0.2) is 152 Å². The molecule has 3 heterocycles. The van der Waals surface area contributed by atoms with Gasteiger partial charge in [0.2, 0.25) is 0 Å². The van der Waals surface area contributed by atoms with Crippen LogP contribution in [-0.2, 0) is 32.5 Å². The highest BCUT2D eigenvalue weighted by Gasteiger charge is 2.56. The molecule has 6 aliphatic rings. The number of hydrogen-bond acceptors (Lipinski definition) is 3. The summed E-state index contributed by atoms with van der Waals surface area (Å²) in [6.07, 6.45) is 4.70. The fourth-order valence-electron chi connectivity index (χ4n) is 15.6. The summed E-state index contributed by atoms with van der Waals surface area (Å²) in [5.74, 6) is 0. The first-order valence-corrected chi connectivity index (χ1v) is 28.1. The van der Waals surface area contributed by atoms with E-state index >= 15 is 0 Å². The van der Waals surface area contributed by atoms with Crippen molar-refractivity contribution in [2.45, 2.75) is 148 Å². The Morgan fingerprint density at radius 3 is 1.67 bits per heavy atom. The van der Waals surface area contributed by atoms with Crippen LogP contribution in [0.4, 0.5) is 51.2 Å². The Morgan fingerprint density at radius 2 is 1.03 bits per heavy atom. The molecule has 3 nitrogen and oxygen atoms in total. The summed E-state index contributed by atoms with van der Waals surface area (Å²) in [7, 11) is 0. The summed E-state index contributed by atoms with van der Waals surface area (Å²) in [5, 5.41) is 0. The minimum absolute atomic E-state index is 0.0166. The molecule has 0 radical (unpaired) electrons. The number of fused-ring (bicyclic) bond motifs is 12. The molecule has 1 atom stereocenters. The average molecular weight is 978 g/mol. The Kier molecular flexibility index (Phi) is 9.48. The van der Waals surface area contributed by atoms with Gasteiger partial charge in [-0.05, 0) is 211 Å². The maximum atomic E-state index is 2.76. The molecule has 0 saturated heterocycles. The molecule has 0 spiro atoms. The van der Waals surface area contributed by atoms with E-state index in [1.807, 2.05) is 0 Å². The molecule has 1 unspecified atom stereocenters. The second-order valence-corrected chi connectivity index (χ2v) is 27.2. The first-order valence-electron chi connectivity index (χ1n) is 28.1.